The van der Waals surface area contributed by atoms with Crippen molar-refractivity contribution in [3.63, 3.8) is 0 Å². The zero-order chi connectivity index (χ0) is 11.0. The summed E-state index contributed by atoms with van der Waals surface area (Å²) in [7, 11) is 1.71. The maximum Gasteiger partial charge on any atom is 0.118 e. The third-order valence-corrected chi connectivity index (χ3v) is 3.67. The van der Waals surface area contributed by atoms with E-state index in [-0.39, 0.29) is 0 Å². The Hall–Kier alpha value is -1.44. The Bertz CT molecular complexity index is 407. The van der Waals surface area contributed by atoms with Crippen LogP contribution in [0.1, 0.15) is 30.9 Å². The molecular weight excluding hydrogens is 198 g/mol. The lowest BCUT2D eigenvalue weighted by Crippen LogP contribution is -2.19. The summed E-state index contributed by atoms with van der Waals surface area (Å²) in [5.41, 5.74) is 2.98. The predicted octanol–water partition coefficient (Wildman–Crippen LogP) is 3.12. The van der Waals surface area contributed by atoms with E-state index in [9.17, 15) is 0 Å². The van der Waals surface area contributed by atoms with E-state index in [2.05, 4.69) is 35.2 Å². The van der Waals surface area contributed by atoms with Gasteiger partial charge in [0, 0.05) is 12.2 Å². The Morgan fingerprint density at radius 3 is 2.81 bits per heavy atom. The highest BCUT2D eigenvalue weighted by atomic mass is 16.5. The summed E-state index contributed by atoms with van der Waals surface area (Å²) in [6.07, 6.45) is 6.13. The molecule has 3 rings (SSSR count). The first-order chi connectivity index (χ1) is 7.88. The second-order valence-electron chi connectivity index (χ2n) is 4.51. The molecule has 16 heavy (non-hydrogen) atoms. The molecule has 0 spiro atoms. The van der Waals surface area contributed by atoms with E-state index in [1.165, 1.54) is 31.4 Å². The topological polar surface area (TPSA) is 12.5 Å². The second kappa shape index (κ2) is 3.85. The van der Waals surface area contributed by atoms with Gasteiger partial charge < -0.3 is 9.64 Å². The van der Waals surface area contributed by atoms with Crippen molar-refractivity contribution < 1.29 is 4.74 Å². The van der Waals surface area contributed by atoms with E-state index >= 15 is 0 Å². The highest BCUT2D eigenvalue weighted by Crippen LogP contribution is 2.41. The van der Waals surface area contributed by atoms with Crippen LogP contribution in [0.4, 0.5) is 0 Å². The van der Waals surface area contributed by atoms with Crippen molar-refractivity contribution in [3.8, 4) is 5.75 Å². The summed E-state index contributed by atoms with van der Waals surface area (Å²) in [4.78, 5) is 2.56. The number of benzene rings is 1. The fraction of sp³-hybridized carbons (Fsp3) is 0.429. The third kappa shape index (κ3) is 1.49. The van der Waals surface area contributed by atoms with Gasteiger partial charge in [0.2, 0.25) is 0 Å². The summed E-state index contributed by atoms with van der Waals surface area (Å²) in [6, 6.07) is 9.12. The summed E-state index contributed by atoms with van der Waals surface area (Å²) in [6.45, 7) is 1.20. The molecule has 0 amide bonds. The van der Waals surface area contributed by atoms with Crippen LogP contribution in [-0.2, 0) is 0 Å². The largest absolute Gasteiger partial charge is 0.497 e. The van der Waals surface area contributed by atoms with Crippen LogP contribution in [0.3, 0.4) is 0 Å². The van der Waals surface area contributed by atoms with Gasteiger partial charge in [-0.1, -0.05) is 18.2 Å². The fourth-order valence-corrected chi connectivity index (χ4v) is 2.85. The van der Waals surface area contributed by atoms with Gasteiger partial charge in [0.15, 0.2) is 0 Å². The minimum Gasteiger partial charge on any atom is -0.497 e. The Morgan fingerprint density at radius 2 is 2.06 bits per heavy atom. The van der Waals surface area contributed by atoms with Crippen LogP contribution in [0.15, 0.2) is 36.0 Å². The number of ether oxygens (including phenoxy) is 1. The Kier molecular flexibility index (Phi) is 2.35. The molecule has 2 aliphatic rings. The monoisotopic (exact) mass is 215 g/mol. The van der Waals surface area contributed by atoms with Crippen LogP contribution in [-0.4, -0.2) is 18.6 Å². The van der Waals surface area contributed by atoms with Gasteiger partial charge in [0.05, 0.1) is 13.2 Å². The van der Waals surface area contributed by atoms with Gasteiger partial charge in [-0.15, -0.1) is 0 Å². The first-order valence-electron chi connectivity index (χ1n) is 5.98. The van der Waals surface area contributed by atoms with Crippen LogP contribution >= 0.6 is 0 Å². The molecule has 0 aromatic heterocycles. The number of hydrogen-bond donors (Lipinski definition) is 0. The molecule has 0 unspecified atom stereocenters. The first-order valence-corrected chi connectivity index (χ1v) is 5.98. The summed E-state index contributed by atoms with van der Waals surface area (Å²) in [5.74, 6) is 0.943. The van der Waals surface area contributed by atoms with Gasteiger partial charge in [-0.25, -0.2) is 0 Å². The van der Waals surface area contributed by atoms with Crippen LogP contribution in [0.2, 0.25) is 0 Å². The molecule has 1 aromatic carbocycles. The van der Waals surface area contributed by atoms with Crippen molar-refractivity contribution in [1.82, 2.24) is 4.90 Å². The molecule has 2 heterocycles. The predicted molar refractivity (Wildman–Crippen MR) is 64.4 cm³/mol. The number of hydrogen-bond acceptors (Lipinski definition) is 2. The maximum absolute atomic E-state index is 5.19. The first kappa shape index (κ1) is 9.76. The molecule has 0 radical (unpaired) electrons. The van der Waals surface area contributed by atoms with Crippen LogP contribution < -0.4 is 4.74 Å². The molecule has 2 nitrogen and oxygen atoms in total. The van der Waals surface area contributed by atoms with Gasteiger partial charge in [-0.3, -0.25) is 0 Å². The molecular formula is C14H17NO. The van der Waals surface area contributed by atoms with E-state index in [1.54, 1.807) is 12.8 Å². The van der Waals surface area contributed by atoms with Gasteiger partial charge in [-0.2, -0.15) is 0 Å². The molecule has 0 N–H and O–H groups in total. The zero-order valence-corrected chi connectivity index (χ0v) is 9.65. The molecule has 0 bridgehead atoms. The zero-order valence-electron chi connectivity index (χ0n) is 9.65. The normalized spacial score (nSPS) is 23.2. The fourth-order valence-electron chi connectivity index (χ4n) is 2.85. The highest BCUT2D eigenvalue weighted by molar-refractivity contribution is 5.31. The number of methoxy groups -OCH3 is 1. The third-order valence-electron chi connectivity index (χ3n) is 3.67. The summed E-state index contributed by atoms with van der Waals surface area (Å²) >= 11 is 0. The van der Waals surface area contributed by atoms with Crippen LogP contribution in [0.25, 0.3) is 0 Å². The van der Waals surface area contributed by atoms with Gasteiger partial charge in [0.25, 0.3) is 0 Å². The SMILES string of the molecule is COc1ccc([C@H]2CCC3=CCCN32)cc1. The average molecular weight is 215 g/mol. The second-order valence-corrected chi connectivity index (χ2v) is 4.51. The molecule has 2 heteroatoms. The lowest BCUT2D eigenvalue weighted by atomic mass is 10.0. The van der Waals surface area contributed by atoms with E-state index < -0.39 is 0 Å². The maximum atomic E-state index is 5.19. The van der Waals surface area contributed by atoms with Gasteiger partial charge in [-0.05, 0) is 37.0 Å². The van der Waals surface area contributed by atoms with Crippen LogP contribution in [0.5, 0.6) is 5.75 Å². The smallest absolute Gasteiger partial charge is 0.118 e. The lowest BCUT2D eigenvalue weighted by Gasteiger charge is -2.24. The molecule has 0 aliphatic carbocycles. The minimum atomic E-state index is 0.597. The number of rotatable bonds is 2. The molecule has 1 fully saturated rings. The van der Waals surface area contributed by atoms with E-state index in [1.807, 2.05) is 0 Å². The summed E-state index contributed by atoms with van der Waals surface area (Å²) in [5, 5.41) is 0. The Labute approximate surface area is 96.5 Å². The van der Waals surface area contributed by atoms with E-state index in [0.717, 1.165) is 5.75 Å². The van der Waals surface area contributed by atoms with Crippen LogP contribution in [0, 0.1) is 0 Å². The van der Waals surface area contributed by atoms with E-state index in [4.69, 9.17) is 4.74 Å². The minimum absolute atomic E-state index is 0.597. The lowest BCUT2D eigenvalue weighted by molar-refractivity contribution is 0.322. The van der Waals surface area contributed by atoms with Gasteiger partial charge >= 0.3 is 0 Å². The van der Waals surface area contributed by atoms with Crippen molar-refractivity contribution in [2.75, 3.05) is 13.7 Å². The van der Waals surface area contributed by atoms with E-state index in [0.29, 0.717) is 6.04 Å². The van der Waals surface area contributed by atoms with Gasteiger partial charge in [0.1, 0.15) is 5.75 Å². The summed E-state index contributed by atoms with van der Waals surface area (Å²) < 4.78 is 5.19. The molecule has 84 valence electrons. The highest BCUT2D eigenvalue weighted by Gasteiger charge is 2.30. The molecule has 1 aromatic rings. The Morgan fingerprint density at radius 1 is 1.25 bits per heavy atom. The quantitative estimate of drug-likeness (QED) is 0.751. The molecule has 1 saturated heterocycles. The number of allylic oxidation sites excluding steroid dienone is 1. The molecule has 0 saturated carbocycles. The number of fused-ring (bicyclic) bond motifs is 1. The number of nitrogens with zero attached hydrogens (tertiary/aromatic N) is 1. The van der Waals surface area contributed by atoms with Crippen molar-refractivity contribution in [3.05, 3.63) is 41.6 Å². The standard InChI is InChI=1S/C14H17NO/c1-16-13-7-4-11(5-8-13)14-9-6-12-3-2-10-15(12)14/h3-5,7-8,14H,2,6,9-10H2,1H3/t14-/m1/s1. The Balaban J connectivity index is 1.84. The molecule has 2 aliphatic heterocycles. The van der Waals surface area contributed by atoms with Crippen molar-refractivity contribution >= 4 is 0 Å². The van der Waals surface area contributed by atoms with Crippen molar-refractivity contribution in [2.24, 2.45) is 0 Å². The van der Waals surface area contributed by atoms with Crippen molar-refractivity contribution in [1.29, 1.82) is 0 Å². The molecule has 1 atom stereocenters. The van der Waals surface area contributed by atoms with Crippen molar-refractivity contribution in [2.45, 2.75) is 25.3 Å². The average Bonchev–Trinajstić information content (AvgIpc) is 2.91.